The highest BCUT2D eigenvalue weighted by Crippen LogP contribution is 2.04. The molecule has 0 aromatic heterocycles. The summed E-state index contributed by atoms with van der Waals surface area (Å²) in [6, 6.07) is 21.7. The van der Waals surface area contributed by atoms with Crippen LogP contribution < -0.4 is 0 Å². The Balaban J connectivity index is 0.000000217. The molecule has 0 unspecified atom stereocenters. The van der Waals surface area contributed by atoms with Crippen LogP contribution in [0.5, 0.6) is 0 Å². The molecule has 3 rings (SSSR count). The van der Waals surface area contributed by atoms with Crippen molar-refractivity contribution in [3.63, 3.8) is 0 Å². The number of carboxylic acid groups (broad SMARTS) is 2. The van der Waals surface area contributed by atoms with Crippen LogP contribution in [-0.2, 0) is 0 Å². The van der Waals surface area contributed by atoms with Crippen LogP contribution in [0.1, 0.15) is 43.0 Å². The molecule has 0 atom stereocenters. The number of carbonyl (C=O) groups is 2. The van der Waals surface area contributed by atoms with Gasteiger partial charge in [0.2, 0.25) is 0 Å². The zero-order valence-corrected chi connectivity index (χ0v) is 16.6. The molecule has 0 saturated carbocycles. The summed E-state index contributed by atoms with van der Waals surface area (Å²) in [6.45, 7) is 8.48. The van der Waals surface area contributed by atoms with Gasteiger partial charge in [-0.1, -0.05) is 48.5 Å². The summed E-state index contributed by atoms with van der Waals surface area (Å²) in [5.41, 5.74) is 5.64. The molecule has 4 nitrogen and oxygen atoms in total. The molecule has 0 aliphatic rings. The predicted molar refractivity (Wildman–Crippen MR) is 112 cm³/mol. The Morgan fingerprint density at radius 3 is 0.857 bits per heavy atom. The average molecular weight is 378 g/mol. The van der Waals surface area contributed by atoms with Gasteiger partial charge in [-0.25, -0.2) is 9.59 Å². The van der Waals surface area contributed by atoms with Gasteiger partial charge in [0, 0.05) is 0 Å². The van der Waals surface area contributed by atoms with Gasteiger partial charge < -0.3 is 10.2 Å². The van der Waals surface area contributed by atoms with Crippen molar-refractivity contribution in [3.8, 4) is 0 Å². The van der Waals surface area contributed by atoms with E-state index in [1.807, 2.05) is 0 Å². The Bertz CT molecular complexity index is 793. The van der Waals surface area contributed by atoms with Gasteiger partial charge in [0.15, 0.2) is 0 Å². The van der Waals surface area contributed by atoms with Gasteiger partial charge >= 0.3 is 11.9 Å². The fourth-order valence-corrected chi connectivity index (χ4v) is 2.08. The second-order valence-electron chi connectivity index (χ2n) is 6.36. The van der Waals surface area contributed by atoms with E-state index in [-0.39, 0.29) is 11.1 Å². The van der Waals surface area contributed by atoms with Crippen LogP contribution in [0, 0.1) is 27.7 Å². The SMILES string of the molecule is Cc1ccccc1C.Cc1ccccc1C.O=C(O)c1ccc(C(=O)O)cc1. The molecule has 0 aliphatic carbocycles. The highest BCUT2D eigenvalue weighted by molar-refractivity contribution is 5.91. The maximum atomic E-state index is 10.3. The lowest BCUT2D eigenvalue weighted by Crippen LogP contribution is -1.99. The Labute approximate surface area is 166 Å². The summed E-state index contributed by atoms with van der Waals surface area (Å²) in [5.74, 6) is -2.13. The highest BCUT2D eigenvalue weighted by Gasteiger charge is 2.04. The highest BCUT2D eigenvalue weighted by atomic mass is 16.4. The first-order valence-electron chi connectivity index (χ1n) is 8.83. The molecule has 4 heteroatoms. The standard InChI is InChI=1S/C8H6O4.2C8H10/c9-7(10)5-1-2-6(4-3-5)8(11)12;2*1-7-5-3-4-6-8(7)2/h1-4H,(H,9,10)(H,11,12);2*3-6H,1-2H3. The summed E-state index contributed by atoms with van der Waals surface area (Å²) in [4.78, 5) is 20.7. The average Bonchev–Trinajstić information content (AvgIpc) is 2.67. The molecule has 28 heavy (non-hydrogen) atoms. The van der Waals surface area contributed by atoms with Crippen LogP contribution in [-0.4, -0.2) is 22.2 Å². The molecule has 0 radical (unpaired) electrons. The molecule has 0 amide bonds. The smallest absolute Gasteiger partial charge is 0.335 e. The molecular weight excluding hydrogens is 352 g/mol. The molecule has 0 aliphatic heterocycles. The van der Waals surface area contributed by atoms with Crippen molar-refractivity contribution in [1.82, 2.24) is 0 Å². The van der Waals surface area contributed by atoms with Crippen molar-refractivity contribution < 1.29 is 19.8 Å². The van der Waals surface area contributed by atoms with Gasteiger partial charge in [-0.05, 0) is 74.2 Å². The second kappa shape index (κ2) is 11.3. The van der Waals surface area contributed by atoms with Crippen LogP contribution in [0.3, 0.4) is 0 Å². The topological polar surface area (TPSA) is 74.6 Å². The third-order valence-corrected chi connectivity index (χ3v) is 4.23. The van der Waals surface area contributed by atoms with E-state index in [0.717, 1.165) is 0 Å². The number of aromatic carboxylic acids is 2. The first-order valence-corrected chi connectivity index (χ1v) is 8.83. The molecular formula is C24H26O4. The number of aryl methyl sites for hydroxylation is 4. The van der Waals surface area contributed by atoms with Crippen LogP contribution in [0.2, 0.25) is 0 Å². The Morgan fingerprint density at radius 2 is 0.714 bits per heavy atom. The molecule has 0 spiro atoms. The summed E-state index contributed by atoms with van der Waals surface area (Å²) in [6.07, 6.45) is 0. The normalized spacial score (nSPS) is 9.29. The maximum absolute atomic E-state index is 10.3. The van der Waals surface area contributed by atoms with Gasteiger partial charge in [0.1, 0.15) is 0 Å². The molecule has 3 aromatic carbocycles. The van der Waals surface area contributed by atoms with Gasteiger partial charge in [-0.2, -0.15) is 0 Å². The fraction of sp³-hybridized carbons (Fsp3) is 0.167. The third kappa shape index (κ3) is 7.87. The van der Waals surface area contributed by atoms with Crippen LogP contribution >= 0.6 is 0 Å². The second-order valence-corrected chi connectivity index (χ2v) is 6.36. The third-order valence-electron chi connectivity index (χ3n) is 4.23. The van der Waals surface area contributed by atoms with Gasteiger partial charge in [0.25, 0.3) is 0 Å². The monoisotopic (exact) mass is 378 g/mol. The minimum absolute atomic E-state index is 0.0833. The zero-order chi connectivity index (χ0) is 21.1. The van der Waals surface area contributed by atoms with E-state index in [4.69, 9.17) is 10.2 Å². The summed E-state index contributed by atoms with van der Waals surface area (Å²) >= 11 is 0. The lowest BCUT2D eigenvalue weighted by atomic mass is 10.1. The van der Waals surface area contributed by atoms with Gasteiger partial charge in [0.05, 0.1) is 11.1 Å². The largest absolute Gasteiger partial charge is 0.478 e. The summed E-state index contributed by atoms with van der Waals surface area (Å²) < 4.78 is 0. The minimum Gasteiger partial charge on any atom is -0.478 e. The summed E-state index contributed by atoms with van der Waals surface area (Å²) in [5, 5.41) is 16.9. The van der Waals surface area contributed by atoms with Crippen molar-refractivity contribution in [3.05, 3.63) is 106 Å². The van der Waals surface area contributed by atoms with Crippen LogP contribution in [0.25, 0.3) is 0 Å². The van der Waals surface area contributed by atoms with E-state index in [2.05, 4.69) is 76.2 Å². The van der Waals surface area contributed by atoms with Crippen molar-refractivity contribution in [2.45, 2.75) is 27.7 Å². The van der Waals surface area contributed by atoms with Gasteiger partial charge in [-0.3, -0.25) is 0 Å². The first kappa shape index (κ1) is 22.6. The molecule has 146 valence electrons. The number of benzene rings is 3. The van der Waals surface area contributed by atoms with Crippen molar-refractivity contribution >= 4 is 11.9 Å². The van der Waals surface area contributed by atoms with E-state index in [1.54, 1.807) is 0 Å². The van der Waals surface area contributed by atoms with E-state index in [1.165, 1.54) is 46.5 Å². The quantitative estimate of drug-likeness (QED) is 0.601. The number of rotatable bonds is 2. The van der Waals surface area contributed by atoms with E-state index >= 15 is 0 Å². The molecule has 0 fully saturated rings. The molecule has 0 heterocycles. The summed E-state index contributed by atoms with van der Waals surface area (Å²) in [7, 11) is 0. The number of hydrogen-bond acceptors (Lipinski definition) is 2. The Morgan fingerprint density at radius 1 is 0.500 bits per heavy atom. The maximum Gasteiger partial charge on any atom is 0.335 e. The number of carboxylic acids is 2. The van der Waals surface area contributed by atoms with Crippen LogP contribution in [0.15, 0.2) is 72.8 Å². The molecule has 0 saturated heterocycles. The molecule has 3 aromatic rings. The lowest BCUT2D eigenvalue weighted by molar-refractivity contribution is 0.0681. The van der Waals surface area contributed by atoms with E-state index in [0.29, 0.717) is 0 Å². The predicted octanol–water partition coefficient (Wildman–Crippen LogP) is 5.69. The fourth-order valence-electron chi connectivity index (χ4n) is 2.08. The zero-order valence-electron chi connectivity index (χ0n) is 16.6. The van der Waals surface area contributed by atoms with Gasteiger partial charge in [-0.15, -0.1) is 0 Å². The van der Waals surface area contributed by atoms with E-state index < -0.39 is 11.9 Å². The lowest BCUT2D eigenvalue weighted by Gasteiger charge is -1.94. The minimum atomic E-state index is -1.06. The van der Waals surface area contributed by atoms with Crippen LogP contribution in [0.4, 0.5) is 0 Å². The van der Waals surface area contributed by atoms with E-state index in [9.17, 15) is 9.59 Å². The Hall–Kier alpha value is -3.40. The molecule has 0 bridgehead atoms. The number of hydrogen-bond donors (Lipinski definition) is 2. The van der Waals surface area contributed by atoms with Crippen molar-refractivity contribution in [2.75, 3.05) is 0 Å². The van der Waals surface area contributed by atoms with Crippen molar-refractivity contribution in [1.29, 1.82) is 0 Å². The van der Waals surface area contributed by atoms with Crippen molar-refractivity contribution in [2.24, 2.45) is 0 Å². The Kier molecular flexibility index (Phi) is 9.17. The first-order chi connectivity index (χ1) is 13.2. The molecule has 2 N–H and O–H groups in total.